The number of rotatable bonds is 1. The van der Waals surface area contributed by atoms with Crippen LogP contribution in [0.4, 0.5) is 0 Å². The molecule has 0 unspecified atom stereocenters. The van der Waals surface area contributed by atoms with Crippen molar-refractivity contribution in [3.63, 3.8) is 0 Å². The van der Waals surface area contributed by atoms with E-state index < -0.39 is 0 Å². The first-order valence-electron chi connectivity index (χ1n) is 5.65. The van der Waals surface area contributed by atoms with Crippen LogP contribution < -0.4 is 5.56 Å². The molecule has 1 aromatic carbocycles. The van der Waals surface area contributed by atoms with E-state index in [-0.39, 0.29) is 5.56 Å². The van der Waals surface area contributed by atoms with Crippen molar-refractivity contribution in [2.45, 2.75) is 6.92 Å². The number of aromatic amines is 1. The fourth-order valence-electron chi connectivity index (χ4n) is 2.02. The lowest BCUT2D eigenvalue weighted by molar-refractivity contribution is 1.01. The molecule has 0 radical (unpaired) electrons. The van der Waals surface area contributed by atoms with Crippen molar-refractivity contribution in [1.29, 1.82) is 0 Å². The minimum atomic E-state index is -0.171. The summed E-state index contributed by atoms with van der Waals surface area (Å²) in [5.74, 6) is 0. The van der Waals surface area contributed by atoms with Crippen LogP contribution in [-0.4, -0.2) is 15.2 Å². The molecular formula is C14H11N3O. The molecule has 0 bridgehead atoms. The Labute approximate surface area is 103 Å². The maximum Gasteiger partial charge on any atom is 0.272 e. The standard InChI is InChI=1S/C14H11N3O/c1-9-6-10(8-15-7-9)13-11-4-2-3-5-12(11)14(18)17-16-13/h2-8H,1H3,(H,17,18). The van der Waals surface area contributed by atoms with Crippen LogP contribution in [0.1, 0.15) is 5.56 Å². The first-order valence-corrected chi connectivity index (χ1v) is 5.65. The lowest BCUT2D eigenvalue weighted by Gasteiger charge is -2.04. The van der Waals surface area contributed by atoms with Crippen molar-refractivity contribution in [3.8, 4) is 11.3 Å². The summed E-state index contributed by atoms with van der Waals surface area (Å²) >= 11 is 0. The molecule has 0 aliphatic carbocycles. The molecule has 18 heavy (non-hydrogen) atoms. The number of H-pyrrole nitrogens is 1. The van der Waals surface area contributed by atoms with Gasteiger partial charge in [-0.25, -0.2) is 5.10 Å². The highest BCUT2D eigenvalue weighted by molar-refractivity contribution is 5.93. The summed E-state index contributed by atoms with van der Waals surface area (Å²) < 4.78 is 0. The summed E-state index contributed by atoms with van der Waals surface area (Å²) in [6.45, 7) is 1.98. The van der Waals surface area contributed by atoms with Gasteiger partial charge in [0.1, 0.15) is 5.69 Å². The van der Waals surface area contributed by atoms with Crippen molar-refractivity contribution in [2.75, 3.05) is 0 Å². The van der Waals surface area contributed by atoms with E-state index in [4.69, 9.17) is 0 Å². The number of hydrogen-bond acceptors (Lipinski definition) is 3. The Kier molecular flexibility index (Phi) is 2.41. The molecule has 1 N–H and O–H groups in total. The van der Waals surface area contributed by atoms with Gasteiger partial charge in [-0.1, -0.05) is 18.2 Å². The van der Waals surface area contributed by atoms with Gasteiger partial charge in [0, 0.05) is 23.3 Å². The summed E-state index contributed by atoms with van der Waals surface area (Å²) in [5, 5.41) is 8.15. The Balaban J connectivity index is 2.37. The second kappa shape index (κ2) is 4.07. The van der Waals surface area contributed by atoms with Crippen LogP contribution in [0, 0.1) is 6.92 Å². The van der Waals surface area contributed by atoms with Gasteiger partial charge in [0.05, 0.1) is 5.39 Å². The number of benzene rings is 1. The van der Waals surface area contributed by atoms with Crippen LogP contribution in [-0.2, 0) is 0 Å². The van der Waals surface area contributed by atoms with E-state index in [1.54, 1.807) is 18.5 Å². The van der Waals surface area contributed by atoms with Crippen molar-refractivity contribution < 1.29 is 0 Å². The third kappa shape index (κ3) is 1.68. The summed E-state index contributed by atoms with van der Waals surface area (Å²) in [7, 11) is 0. The fraction of sp³-hybridized carbons (Fsp3) is 0.0714. The van der Waals surface area contributed by atoms with Gasteiger partial charge in [-0.3, -0.25) is 9.78 Å². The smallest absolute Gasteiger partial charge is 0.267 e. The maximum atomic E-state index is 11.7. The van der Waals surface area contributed by atoms with E-state index in [9.17, 15) is 4.79 Å². The van der Waals surface area contributed by atoms with Gasteiger partial charge in [0.25, 0.3) is 5.56 Å². The fourth-order valence-corrected chi connectivity index (χ4v) is 2.02. The molecule has 3 rings (SSSR count). The van der Waals surface area contributed by atoms with E-state index in [1.165, 1.54) is 0 Å². The van der Waals surface area contributed by atoms with Crippen molar-refractivity contribution >= 4 is 10.8 Å². The highest BCUT2D eigenvalue weighted by atomic mass is 16.1. The highest BCUT2D eigenvalue weighted by Crippen LogP contribution is 2.23. The average Bonchev–Trinajstić information content (AvgIpc) is 2.39. The molecule has 0 saturated carbocycles. The number of fused-ring (bicyclic) bond motifs is 1. The maximum absolute atomic E-state index is 11.7. The predicted octanol–water partition coefficient (Wildman–Crippen LogP) is 2.29. The van der Waals surface area contributed by atoms with Crippen LogP contribution in [0.25, 0.3) is 22.0 Å². The molecule has 4 nitrogen and oxygen atoms in total. The first-order chi connectivity index (χ1) is 8.75. The summed E-state index contributed by atoms with van der Waals surface area (Å²) in [4.78, 5) is 15.9. The monoisotopic (exact) mass is 237 g/mol. The molecule has 0 spiro atoms. The third-order valence-electron chi connectivity index (χ3n) is 2.84. The van der Waals surface area contributed by atoms with Crippen molar-refractivity contribution in [3.05, 3.63) is 58.6 Å². The Morgan fingerprint density at radius 2 is 1.89 bits per heavy atom. The second-order valence-corrected chi connectivity index (χ2v) is 4.20. The van der Waals surface area contributed by atoms with Gasteiger partial charge in [0.15, 0.2) is 0 Å². The number of aryl methyl sites for hydroxylation is 1. The van der Waals surface area contributed by atoms with Gasteiger partial charge in [-0.2, -0.15) is 5.10 Å². The Morgan fingerprint density at radius 1 is 1.11 bits per heavy atom. The molecular weight excluding hydrogens is 226 g/mol. The molecule has 2 aromatic heterocycles. The van der Waals surface area contributed by atoms with Gasteiger partial charge in [-0.05, 0) is 24.6 Å². The van der Waals surface area contributed by atoms with E-state index in [0.29, 0.717) is 5.39 Å². The zero-order valence-corrected chi connectivity index (χ0v) is 9.84. The minimum Gasteiger partial charge on any atom is -0.267 e. The zero-order chi connectivity index (χ0) is 12.5. The molecule has 4 heteroatoms. The molecule has 0 fully saturated rings. The lowest BCUT2D eigenvalue weighted by Crippen LogP contribution is -2.09. The minimum absolute atomic E-state index is 0.171. The predicted molar refractivity (Wildman–Crippen MR) is 70.3 cm³/mol. The summed E-state index contributed by atoms with van der Waals surface area (Å²) in [5.41, 5.74) is 2.54. The molecule has 88 valence electrons. The van der Waals surface area contributed by atoms with Crippen LogP contribution >= 0.6 is 0 Å². The molecule has 3 aromatic rings. The number of aromatic nitrogens is 3. The molecule has 0 aliphatic heterocycles. The Bertz CT molecular complexity index is 777. The van der Waals surface area contributed by atoms with E-state index in [1.807, 2.05) is 31.2 Å². The van der Waals surface area contributed by atoms with Gasteiger partial charge in [0.2, 0.25) is 0 Å². The van der Waals surface area contributed by atoms with Crippen molar-refractivity contribution in [1.82, 2.24) is 15.2 Å². The Hall–Kier alpha value is -2.49. The summed E-state index contributed by atoms with van der Waals surface area (Å²) in [6, 6.07) is 9.43. The van der Waals surface area contributed by atoms with Crippen molar-refractivity contribution in [2.24, 2.45) is 0 Å². The van der Waals surface area contributed by atoms with Crippen LogP contribution in [0.3, 0.4) is 0 Å². The molecule has 0 atom stereocenters. The molecule has 0 amide bonds. The van der Waals surface area contributed by atoms with Gasteiger partial charge >= 0.3 is 0 Å². The second-order valence-electron chi connectivity index (χ2n) is 4.20. The van der Waals surface area contributed by atoms with Crippen LogP contribution in [0.5, 0.6) is 0 Å². The molecule has 0 saturated heterocycles. The van der Waals surface area contributed by atoms with Crippen LogP contribution in [0.15, 0.2) is 47.5 Å². The average molecular weight is 237 g/mol. The van der Waals surface area contributed by atoms with Gasteiger partial charge < -0.3 is 0 Å². The first kappa shape index (κ1) is 10.7. The molecule has 0 aliphatic rings. The van der Waals surface area contributed by atoms with E-state index in [0.717, 1.165) is 22.2 Å². The van der Waals surface area contributed by atoms with Crippen LogP contribution in [0.2, 0.25) is 0 Å². The SMILES string of the molecule is Cc1cncc(-c2n[nH]c(=O)c3ccccc23)c1. The lowest BCUT2D eigenvalue weighted by atomic mass is 10.1. The number of nitrogens with one attached hydrogen (secondary N) is 1. The number of pyridine rings is 1. The normalized spacial score (nSPS) is 10.7. The quantitative estimate of drug-likeness (QED) is 0.706. The largest absolute Gasteiger partial charge is 0.272 e. The van der Waals surface area contributed by atoms with E-state index in [2.05, 4.69) is 15.2 Å². The molecule has 2 heterocycles. The van der Waals surface area contributed by atoms with E-state index >= 15 is 0 Å². The van der Waals surface area contributed by atoms with Gasteiger partial charge in [-0.15, -0.1) is 0 Å². The zero-order valence-electron chi connectivity index (χ0n) is 9.84. The highest BCUT2D eigenvalue weighted by Gasteiger charge is 2.08. The topological polar surface area (TPSA) is 58.6 Å². The summed E-state index contributed by atoms with van der Waals surface area (Å²) in [6.07, 6.45) is 3.54. The number of nitrogens with zero attached hydrogens (tertiary/aromatic N) is 2. The third-order valence-corrected chi connectivity index (χ3v) is 2.84. The Morgan fingerprint density at radius 3 is 2.67 bits per heavy atom. The number of hydrogen-bond donors (Lipinski definition) is 1.